The van der Waals surface area contributed by atoms with Crippen molar-refractivity contribution in [2.75, 3.05) is 67.0 Å². The summed E-state index contributed by atoms with van der Waals surface area (Å²) in [6.45, 7) is 10.3. The van der Waals surface area contributed by atoms with Gasteiger partial charge in [0, 0.05) is 58.2 Å². The molecule has 1 aromatic rings. The summed E-state index contributed by atoms with van der Waals surface area (Å²) < 4.78 is 54.3. The zero-order valence-electron chi connectivity index (χ0n) is 28.4. The molecule has 0 aliphatic carbocycles. The minimum absolute atomic E-state index is 0.0224. The molecular formula is C32H47FN8O6S. The Balaban J connectivity index is 1.35. The van der Waals surface area contributed by atoms with E-state index in [4.69, 9.17) is 9.47 Å². The lowest BCUT2D eigenvalue weighted by atomic mass is 9.71. The lowest BCUT2D eigenvalue weighted by Gasteiger charge is -2.55. The molecular weight excluding hydrogens is 643 g/mol. The van der Waals surface area contributed by atoms with Gasteiger partial charge in [0.15, 0.2) is 17.4 Å². The molecule has 0 unspecified atom stereocenters. The molecule has 3 saturated heterocycles. The molecule has 0 radical (unpaired) electrons. The highest BCUT2D eigenvalue weighted by Crippen LogP contribution is 2.42. The lowest BCUT2D eigenvalue weighted by molar-refractivity contribution is -0.239. The quantitative estimate of drug-likeness (QED) is 0.144. The van der Waals surface area contributed by atoms with Crippen molar-refractivity contribution >= 4 is 28.7 Å². The van der Waals surface area contributed by atoms with E-state index in [0.717, 1.165) is 36.3 Å². The zero-order chi connectivity index (χ0) is 35.3. The van der Waals surface area contributed by atoms with Crippen molar-refractivity contribution in [2.45, 2.75) is 57.4 Å². The number of hydrogen-bond donors (Lipinski definition) is 2. The van der Waals surface area contributed by atoms with E-state index in [1.165, 1.54) is 37.3 Å². The molecule has 0 bridgehead atoms. The van der Waals surface area contributed by atoms with E-state index in [1.54, 1.807) is 20.9 Å². The van der Waals surface area contributed by atoms with Crippen LogP contribution in [0, 0.1) is 22.6 Å². The zero-order valence-corrected chi connectivity index (χ0v) is 29.2. The minimum atomic E-state index is -3.58. The number of carbonyl (C=O) groups excluding carboxylic acids is 1. The molecule has 3 aliphatic heterocycles. The van der Waals surface area contributed by atoms with E-state index in [1.807, 2.05) is 6.07 Å². The van der Waals surface area contributed by atoms with Gasteiger partial charge in [0.05, 0.1) is 31.0 Å². The number of amidine groups is 1. The fourth-order valence-corrected chi connectivity index (χ4v) is 7.14. The third-order valence-electron chi connectivity index (χ3n) is 9.13. The lowest BCUT2D eigenvalue weighted by Crippen LogP contribution is -2.63. The van der Waals surface area contributed by atoms with Gasteiger partial charge in [0.1, 0.15) is 18.1 Å². The molecule has 3 fully saturated rings. The second-order valence-corrected chi connectivity index (χ2v) is 15.1. The SMILES string of the molecule is C=N/C=C(/Oc1ccc(F)cc1C(=O)N(CC#N)C(C)C)C(=NC)N1CC2(CCN(C[C@@]3(O)CC[C@@H](NS(=O)(=O)N(C)C)CO3)CC2)C1. The first-order chi connectivity index (χ1) is 22.6. The average molecular weight is 691 g/mol. The smallest absolute Gasteiger partial charge is 0.279 e. The second kappa shape index (κ2) is 15.4. The maximum Gasteiger partial charge on any atom is 0.279 e. The number of ether oxygens (including phenoxy) is 2. The highest BCUT2D eigenvalue weighted by molar-refractivity contribution is 7.87. The van der Waals surface area contributed by atoms with Crippen LogP contribution in [-0.4, -0.2) is 136 Å². The van der Waals surface area contributed by atoms with Gasteiger partial charge in [-0.15, -0.1) is 0 Å². The van der Waals surface area contributed by atoms with Gasteiger partial charge >= 0.3 is 0 Å². The van der Waals surface area contributed by atoms with E-state index >= 15 is 0 Å². The van der Waals surface area contributed by atoms with Crippen LogP contribution in [0.4, 0.5) is 4.39 Å². The maximum absolute atomic E-state index is 14.3. The van der Waals surface area contributed by atoms with E-state index in [-0.39, 0.29) is 41.7 Å². The highest BCUT2D eigenvalue weighted by atomic mass is 32.2. The van der Waals surface area contributed by atoms with Crippen molar-refractivity contribution in [1.29, 1.82) is 5.26 Å². The number of nitrogens with zero attached hydrogens (tertiary/aromatic N) is 7. The monoisotopic (exact) mass is 690 g/mol. The Morgan fingerprint density at radius 1 is 1.31 bits per heavy atom. The van der Waals surface area contributed by atoms with Crippen LogP contribution in [0.15, 0.2) is 40.1 Å². The summed E-state index contributed by atoms with van der Waals surface area (Å²) in [5.41, 5.74) is 0.0161. The molecule has 0 aromatic heterocycles. The fraction of sp³-hybridized carbons (Fsp3) is 0.625. The van der Waals surface area contributed by atoms with Gasteiger partial charge < -0.3 is 24.4 Å². The first-order valence-electron chi connectivity index (χ1n) is 16.0. The van der Waals surface area contributed by atoms with Crippen LogP contribution in [0.5, 0.6) is 5.75 Å². The number of amides is 1. The third kappa shape index (κ3) is 8.76. The van der Waals surface area contributed by atoms with E-state index in [9.17, 15) is 28.0 Å². The van der Waals surface area contributed by atoms with Crippen LogP contribution in [0.2, 0.25) is 0 Å². The standard InChI is InChI=1S/C32H47FN8O6S/c1-23(2)41(16-13-34)30(42)26-17-24(33)7-8-27(26)47-28(18-35-3)29(36-4)40-20-31(21-40)11-14-39(15-12-31)22-32(43)10-9-25(19-46-32)37-48(44,45)38(5)6/h7-8,17-18,23,25,37,43H,3,9-12,14-16,19-22H2,1-2,4-6H3/b28-18+,36-29?/t25-,32-/m1/s1. The Hall–Kier alpha value is -3.46. The first-order valence-corrected chi connectivity index (χ1v) is 17.4. The van der Waals surface area contributed by atoms with Crippen molar-refractivity contribution in [1.82, 2.24) is 23.7 Å². The van der Waals surface area contributed by atoms with Crippen molar-refractivity contribution in [3.8, 4) is 11.8 Å². The molecule has 1 amide bonds. The minimum Gasteiger partial charge on any atom is -0.451 e. The Morgan fingerprint density at radius 2 is 2.00 bits per heavy atom. The third-order valence-corrected chi connectivity index (χ3v) is 10.7. The van der Waals surface area contributed by atoms with Gasteiger partial charge in [0.2, 0.25) is 0 Å². The normalized spacial score (nSPS) is 23.6. The number of nitrogens with one attached hydrogen (secondary N) is 1. The maximum atomic E-state index is 14.3. The molecule has 0 saturated carbocycles. The van der Waals surface area contributed by atoms with Crippen LogP contribution in [0.3, 0.4) is 0 Å². The van der Waals surface area contributed by atoms with Crippen molar-refractivity contribution in [2.24, 2.45) is 15.4 Å². The molecule has 48 heavy (non-hydrogen) atoms. The second-order valence-electron chi connectivity index (χ2n) is 13.2. The molecule has 264 valence electrons. The van der Waals surface area contributed by atoms with Gasteiger partial charge in [-0.3, -0.25) is 19.7 Å². The number of rotatable bonds is 12. The number of carbonyl (C=O) groups is 1. The number of nitriles is 1. The summed E-state index contributed by atoms with van der Waals surface area (Å²) >= 11 is 0. The van der Waals surface area contributed by atoms with Gasteiger partial charge in [-0.2, -0.15) is 22.7 Å². The van der Waals surface area contributed by atoms with Crippen LogP contribution in [0.1, 0.15) is 49.9 Å². The average Bonchev–Trinajstić information content (AvgIpc) is 3.01. The molecule has 2 atom stereocenters. The summed E-state index contributed by atoms with van der Waals surface area (Å²) in [7, 11) is 0.963. The first kappa shape index (κ1) is 37.4. The van der Waals surface area contributed by atoms with E-state index in [2.05, 4.69) is 31.2 Å². The summed E-state index contributed by atoms with van der Waals surface area (Å²) in [6.07, 6.45) is 3.98. The molecule has 14 nitrogen and oxygen atoms in total. The van der Waals surface area contributed by atoms with Crippen molar-refractivity contribution in [3.63, 3.8) is 0 Å². The van der Waals surface area contributed by atoms with Gasteiger partial charge in [-0.1, -0.05) is 0 Å². The largest absolute Gasteiger partial charge is 0.451 e. The molecule has 1 aromatic carbocycles. The van der Waals surface area contributed by atoms with E-state index < -0.39 is 33.8 Å². The number of halogens is 1. The van der Waals surface area contributed by atoms with Gasteiger partial charge in [-0.05, 0) is 71.1 Å². The molecule has 3 heterocycles. The van der Waals surface area contributed by atoms with Gasteiger partial charge in [-0.25, -0.2) is 4.39 Å². The number of benzene rings is 1. The number of aliphatic imine (C=N–C) groups is 2. The Bertz CT molecular complexity index is 1540. The summed E-state index contributed by atoms with van der Waals surface area (Å²) in [4.78, 5) is 27.3. The number of β-amino-alcohol motifs (C(OH)–C–C–N with tert-alkyl or cyclic N) is 1. The number of hydrogen-bond acceptors (Lipinski definition) is 10. The summed E-state index contributed by atoms with van der Waals surface area (Å²) in [5, 5.41) is 20.4. The number of aliphatic hydroxyl groups is 1. The molecule has 4 rings (SSSR count). The molecule has 16 heteroatoms. The van der Waals surface area contributed by atoms with Crippen molar-refractivity contribution in [3.05, 3.63) is 41.5 Å². The predicted octanol–water partition coefficient (Wildman–Crippen LogP) is 1.81. The number of likely N-dealkylation sites (tertiary alicyclic amines) is 2. The fourth-order valence-electron chi connectivity index (χ4n) is 6.33. The van der Waals surface area contributed by atoms with Gasteiger partial charge in [0.25, 0.3) is 16.1 Å². The van der Waals surface area contributed by atoms with Crippen LogP contribution in [-0.2, 0) is 14.9 Å². The van der Waals surface area contributed by atoms with E-state index in [0.29, 0.717) is 38.3 Å². The predicted molar refractivity (Wildman–Crippen MR) is 179 cm³/mol. The van der Waals surface area contributed by atoms with Crippen LogP contribution >= 0.6 is 0 Å². The Kier molecular flexibility index (Phi) is 12.0. The summed E-state index contributed by atoms with van der Waals surface area (Å²) in [5.74, 6) is -1.62. The molecule has 3 aliphatic rings. The van der Waals surface area contributed by atoms with Crippen molar-refractivity contribution < 1.29 is 32.2 Å². The summed E-state index contributed by atoms with van der Waals surface area (Å²) in [6, 6.07) is 4.96. The molecule has 2 N–H and O–H groups in total. The Labute approximate surface area is 282 Å². The Morgan fingerprint density at radius 3 is 2.54 bits per heavy atom. The molecule has 1 spiro atoms. The van der Waals surface area contributed by atoms with Crippen LogP contribution < -0.4 is 9.46 Å². The van der Waals surface area contributed by atoms with Crippen LogP contribution in [0.25, 0.3) is 0 Å². The highest BCUT2D eigenvalue weighted by Gasteiger charge is 2.48. The number of piperidine rings is 1. The topological polar surface area (TPSA) is 163 Å².